The Morgan fingerprint density at radius 1 is 1.28 bits per heavy atom. The van der Waals surface area contributed by atoms with E-state index in [1.54, 1.807) is 0 Å². The van der Waals surface area contributed by atoms with E-state index in [0.717, 1.165) is 24.6 Å². The van der Waals surface area contributed by atoms with Gasteiger partial charge in [0.25, 0.3) is 0 Å². The molecule has 2 aromatic rings. The van der Waals surface area contributed by atoms with Crippen LogP contribution < -0.4 is 10.6 Å². The van der Waals surface area contributed by atoms with Gasteiger partial charge in [-0.05, 0) is 32.0 Å². The smallest absolute Gasteiger partial charge is 0.209 e. The van der Waals surface area contributed by atoms with Crippen molar-refractivity contribution in [3.63, 3.8) is 0 Å². The van der Waals surface area contributed by atoms with E-state index in [1.807, 2.05) is 24.0 Å². The molecule has 1 heterocycles. The molecule has 1 aromatic carbocycles. The van der Waals surface area contributed by atoms with Crippen LogP contribution in [0.5, 0.6) is 0 Å². The van der Waals surface area contributed by atoms with Gasteiger partial charge in [0.05, 0.1) is 0 Å². The van der Waals surface area contributed by atoms with Crippen molar-refractivity contribution in [2.75, 3.05) is 18.0 Å². The minimum atomic E-state index is 0.687. The second kappa shape index (κ2) is 5.69. The maximum atomic E-state index is 5.62. The fourth-order valence-corrected chi connectivity index (χ4v) is 1.94. The molecule has 18 heavy (non-hydrogen) atoms. The van der Waals surface area contributed by atoms with Crippen LogP contribution in [-0.4, -0.2) is 22.6 Å². The fraction of sp³-hybridized carbons (Fsp3) is 0.357. The van der Waals surface area contributed by atoms with Crippen LogP contribution in [0.15, 0.2) is 36.7 Å². The lowest BCUT2D eigenvalue weighted by Crippen LogP contribution is -2.23. The number of rotatable bonds is 5. The van der Waals surface area contributed by atoms with Crippen LogP contribution in [0.25, 0.3) is 0 Å². The van der Waals surface area contributed by atoms with Crippen molar-refractivity contribution in [3.05, 3.63) is 42.2 Å². The molecule has 0 unspecified atom stereocenters. The van der Waals surface area contributed by atoms with E-state index in [0.29, 0.717) is 6.54 Å². The fourth-order valence-electron chi connectivity index (χ4n) is 1.94. The topological polar surface area (TPSA) is 47.1 Å². The number of benzene rings is 1. The molecule has 2 rings (SSSR count). The first-order chi connectivity index (χ1) is 8.72. The van der Waals surface area contributed by atoms with Gasteiger partial charge < -0.3 is 15.2 Å². The maximum absolute atomic E-state index is 5.62. The highest BCUT2D eigenvalue weighted by Crippen LogP contribution is 2.23. The summed E-state index contributed by atoms with van der Waals surface area (Å²) in [6, 6.07) is 8.49. The normalized spacial score (nSPS) is 10.6. The van der Waals surface area contributed by atoms with Gasteiger partial charge in [0.2, 0.25) is 5.95 Å². The lowest BCUT2D eigenvalue weighted by Gasteiger charge is -2.23. The summed E-state index contributed by atoms with van der Waals surface area (Å²) in [6.07, 6.45) is 4.72. The van der Waals surface area contributed by atoms with Crippen molar-refractivity contribution in [1.29, 1.82) is 0 Å². The minimum absolute atomic E-state index is 0.687. The van der Waals surface area contributed by atoms with Gasteiger partial charge in [-0.25, -0.2) is 4.98 Å². The van der Waals surface area contributed by atoms with Crippen LogP contribution in [0.3, 0.4) is 0 Å². The van der Waals surface area contributed by atoms with E-state index in [-0.39, 0.29) is 0 Å². The van der Waals surface area contributed by atoms with Gasteiger partial charge in [-0.1, -0.05) is 17.7 Å². The molecule has 0 aliphatic rings. The molecular formula is C14H20N4. The Kier molecular flexibility index (Phi) is 3.99. The molecule has 0 bridgehead atoms. The summed E-state index contributed by atoms with van der Waals surface area (Å²) < 4.78 is 2.02. The summed E-state index contributed by atoms with van der Waals surface area (Å²) >= 11 is 0. The maximum Gasteiger partial charge on any atom is 0.209 e. The average Bonchev–Trinajstić information content (AvgIpc) is 2.78. The summed E-state index contributed by atoms with van der Waals surface area (Å²) in [6.45, 7) is 3.66. The van der Waals surface area contributed by atoms with Crippen LogP contribution in [-0.2, 0) is 7.05 Å². The number of aryl methyl sites for hydroxylation is 2. The number of imidazole rings is 1. The minimum Gasteiger partial charge on any atom is -0.330 e. The first-order valence-electron chi connectivity index (χ1n) is 6.24. The van der Waals surface area contributed by atoms with E-state index in [9.17, 15) is 0 Å². The predicted molar refractivity (Wildman–Crippen MR) is 75.1 cm³/mol. The monoisotopic (exact) mass is 244 g/mol. The number of hydrogen-bond donors (Lipinski definition) is 1. The van der Waals surface area contributed by atoms with Crippen LogP contribution in [0.1, 0.15) is 12.0 Å². The second-order valence-corrected chi connectivity index (χ2v) is 4.47. The zero-order valence-electron chi connectivity index (χ0n) is 11.0. The number of nitrogens with two attached hydrogens (primary N) is 1. The van der Waals surface area contributed by atoms with Crippen molar-refractivity contribution in [1.82, 2.24) is 9.55 Å². The second-order valence-electron chi connectivity index (χ2n) is 4.47. The summed E-state index contributed by atoms with van der Waals surface area (Å²) in [5.74, 6) is 0.951. The molecule has 0 fully saturated rings. The molecule has 0 aliphatic carbocycles. The van der Waals surface area contributed by atoms with Gasteiger partial charge in [0.15, 0.2) is 0 Å². The number of anilines is 2. The largest absolute Gasteiger partial charge is 0.330 e. The molecule has 2 N–H and O–H groups in total. The Bertz CT molecular complexity index is 487. The van der Waals surface area contributed by atoms with Crippen molar-refractivity contribution < 1.29 is 0 Å². The van der Waals surface area contributed by atoms with Gasteiger partial charge in [-0.2, -0.15) is 0 Å². The lowest BCUT2D eigenvalue weighted by atomic mass is 10.2. The third kappa shape index (κ3) is 2.71. The van der Waals surface area contributed by atoms with Crippen molar-refractivity contribution >= 4 is 11.6 Å². The molecule has 4 heteroatoms. The predicted octanol–water partition coefficient (Wildman–Crippen LogP) is 2.22. The van der Waals surface area contributed by atoms with Crippen molar-refractivity contribution in [3.8, 4) is 0 Å². The number of hydrogen-bond acceptors (Lipinski definition) is 3. The highest BCUT2D eigenvalue weighted by Gasteiger charge is 2.12. The Hall–Kier alpha value is -1.81. The molecule has 96 valence electrons. The molecule has 0 radical (unpaired) electrons. The molecule has 1 aromatic heterocycles. The van der Waals surface area contributed by atoms with Gasteiger partial charge >= 0.3 is 0 Å². The molecule has 0 aliphatic heterocycles. The van der Waals surface area contributed by atoms with E-state index in [4.69, 9.17) is 5.73 Å². The SMILES string of the molecule is Cc1ccc(N(CCCN)c2nccn2C)cc1. The van der Waals surface area contributed by atoms with E-state index in [1.165, 1.54) is 5.56 Å². The first kappa shape index (κ1) is 12.6. The van der Waals surface area contributed by atoms with E-state index >= 15 is 0 Å². The quantitative estimate of drug-likeness (QED) is 0.877. The summed E-state index contributed by atoms with van der Waals surface area (Å²) in [7, 11) is 2.01. The lowest BCUT2D eigenvalue weighted by molar-refractivity contribution is 0.775. The van der Waals surface area contributed by atoms with Gasteiger partial charge in [-0.15, -0.1) is 0 Å². The van der Waals surface area contributed by atoms with Crippen LogP contribution in [0, 0.1) is 6.92 Å². The standard InChI is InChI=1S/C14H20N4/c1-12-4-6-13(7-5-12)18(10-3-8-15)14-16-9-11-17(14)2/h4-7,9,11H,3,8,10,15H2,1-2H3. The molecule has 0 spiro atoms. The van der Waals surface area contributed by atoms with Crippen LogP contribution in [0.2, 0.25) is 0 Å². The van der Waals surface area contributed by atoms with Gasteiger partial charge in [0, 0.05) is 31.7 Å². The molecule has 0 saturated carbocycles. The zero-order valence-corrected chi connectivity index (χ0v) is 11.0. The van der Waals surface area contributed by atoms with Crippen molar-refractivity contribution in [2.24, 2.45) is 12.8 Å². The summed E-state index contributed by atoms with van der Waals surface area (Å²) in [5.41, 5.74) is 8.03. The summed E-state index contributed by atoms with van der Waals surface area (Å²) in [4.78, 5) is 6.62. The molecule has 0 saturated heterocycles. The first-order valence-corrected chi connectivity index (χ1v) is 6.24. The zero-order chi connectivity index (χ0) is 13.0. The molecule has 0 atom stereocenters. The summed E-state index contributed by atoms with van der Waals surface area (Å²) in [5, 5.41) is 0. The van der Waals surface area contributed by atoms with E-state index in [2.05, 4.69) is 41.1 Å². The Balaban J connectivity index is 2.30. The average molecular weight is 244 g/mol. The highest BCUT2D eigenvalue weighted by atomic mass is 15.3. The van der Waals surface area contributed by atoms with E-state index < -0.39 is 0 Å². The molecular weight excluding hydrogens is 224 g/mol. The van der Waals surface area contributed by atoms with Gasteiger partial charge in [0.1, 0.15) is 0 Å². The Morgan fingerprint density at radius 3 is 2.56 bits per heavy atom. The molecule has 0 amide bonds. The Morgan fingerprint density at radius 2 is 2.00 bits per heavy atom. The third-order valence-corrected chi connectivity index (χ3v) is 2.97. The number of nitrogens with zero attached hydrogens (tertiary/aromatic N) is 3. The Labute approximate surface area is 108 Å². The van der Waals surface area contributed by atoms with Crippen molar-refractivity contribution in [2.45, 2.75) is 13.3 Å². The van der Waals surface area contributed by atoms with Gasteiger partial charge in [-0.3, -0.25) is 0 Å². The third-order valence-electron chi connectivity index (χ3n) is 2.97. The number of aromatic nitrogens is 2. The van der Waals surface area contributed by atoms with Crippen LogP contribution >= 0.6 is 0 Å². The van der Waals surface area contributed by atoms with Crippen LogP contribution in [0.4, 0.5) is 11.6 Å². The molecule has 4 nitrogen and oxygen atoms in total. The highest BCUT2D eigenvalue weighted by molar-refractivity contribution is 5.57.